The van der Waals surface area contributed by atoms with Gasteiger partial charge in [0.2, 0.25) is 0 Å². The van der Waals surface area contributed by atoms with E-state index in [1.807, 2.05) is 29.6 Å². The molecular formula is C15H25N5. The molecule has 0 amide bonds. The zero-order valence-electron chi connectivity index (χ0n) is 12.7. The summed E-state index contributed by atoms with van der Waals surface area (Å²) in [5.74, 6) is 0. The molecule has 5 nitrogen and oxygen atoms in total. The average Bonchev–Trinajstić information content (AvgIpc) is 3.04. The number of hydrogen-bond acceptors (Lipinski definition) is 3. The van der Waals surface area contributed by atoms with Gasteiger partial charge in [-0.3, -0.25) is 4.68 Å². The first-order valence-corrected chi connectivity index (χ1v) is 7.26. The van der Waals surface area contributed by atoms with Crippen LogP contribution in [0.2, 0.25) is 0 Å². The van der Waals surface area contributed by atoms with Crippen LogP contribution in [0.5, 0.6) is 0 Å². The third-order valence-corrected chi connectivity index (χ3v) is 3.23. The maximum atomic E-state index is 4.40. The first-order valence-electron chi connectivity index (χ1n) is 7.26. The van der Waals surface area contributed by atoms with Crippen LogP contribution in [0.1, 0.15) is 39.2 Å². The Morgan fingerprint density at radius 2 is 2.10 bits per heavy atom. The minimum atomic E-state index is 0.0586. The maximum Gasteiger partial charge on any atom is 0.0945 e. The van der Waals surface area contributed by atoms with E-state index < -0.39 is 0 Å². The summed E-state index contributed by atoms with van der Waals surface area (Å²) in [5.41, 5.74) is 1.30. The lowest BCUT2D eigenvalue weighted by Gasteiger charge is -2.18. The minimum Gasteiger partial charge on any atom is -0.337 e. The Hall–Kier alpha value is -1.62. The third kappa shape index (κ3) is 4.49. The van der Waals surface area contributed by atoms with Crippen molar-refractivity contribution in [2.45, 2.75) is 52.2 Å². The van der Waals surface area contributed by atoms with Gasteiger partial charge in [-0.1, -0.05) is 0 Å². The summed E-state index contributed by atoms with van der Waals surface area (Å²) in [7, 11) is 0. The number of aromatic nitrogens is 4. The molecule has 0 aliphatic heterocycles. The van der Waals surface area contributed by atoms with E-state index in [9.17, 15) is 0 Å². The summed E-state index contributed by atoms with van der Waals surface area (Å²) in [5, 5.41) is 7.87. The quantitative estimate of drug-likeness (QED) is 0.789. The van der Waals surface area contributed by atoms with Gasteiger partial charge in [0.15, 0.2) is 0 Å². The van der Waals surface area contributed by atoms with Crippen LogP contribution >= 0.6 is 0 Å². The third-order valence-electron chi connectivity index (χ3n) is 3.23. The molecule has 110 valence electrons. The Kier molecular flexibility index (Phi) is 4.95. The molecule has 0 atom stereocenters. The summed E-state index contributed by atoms with van der Waals surface area (Å²) in [6.45, 7) is 9.45. The smallest absolute Gasteiger partial charge is 0.0945 e. The Morgan fingerprint density at radius 3 is 2.75 bits per heavy atom. The monoisotopic (exact) mass is 275 g/mol. The summed E-state index contributed by atoms with van der Waals surface area (Å²) in [6.07, 6.45) is 12.1. The fourth-order valence-electron chi connectivity index (χ4n) is 2.01. The first-order chi connectivity index (χ1) is 9.55. The second kappa shape index (κ2) is 6.70. The van der Waals surface area contributed by atoms with E-state index in [1.54, 1.807) is 0 Å². The summed E-state index contributed by atoms with van der Waals surface area (Å²) < 4.78 is 4.14. The Morgan fingerprint density at radius 1 is 1.25 bits per heavy atom. The summed E-state index contributed by atoms with van der Waals surface area (Å²) in [6, 6.07) is 0. The highest BCUT2D eigenvalue weighted by atomic mass is 15.3. The highest BCUT2D eigenvalue weighted by molar-refractivity contribution is 5.04. The number of rotatable bonds is 7. The molecule has 0 aliphatic rings. The molecule has 20 heavy (non-hydrogen) atoms. The molecule has 0 aromatic carbocycles. The van der Waals surface area contributed by atoms with E-state index in [-0.39, 0.29) is 5.54 Å². The van der Waals surface area contributed by atoms with Crippen LogP contribution in [-0.4, -0.2) is 25.9 Å². The van der Waals surface area contributed by atoms with Crippen molar-refractivity contribution in [3.63, 3.8) is 0 Å². The highest BCUT2D eigenvalue weighted by Gasteiger charge is 2.13. The van der Waals surface area contributed by atoms with Crippen LogP contribution in [0.25, 0.3) is 0 Å². The first kappa shape index (κ1) is 14.8. The van der Waals surface area contributed by atoms with Crippen molar-refractivity contribution in [3.05, 3.63) is 36.7 Å². The van der Waals surface area contributed by atoms with Gasteiger partial charge in [0.05, 0.1) is 18.1 Å². The predicted octanol–water partition coefficient (Wildman–Crippen LogP) is 2.40. The van der Waals surface area contributed by atoms with Crippen molar-refractivity contribution in [2.24, 2.45) is 0 Å². The molecule has 0 spiro atoms. The Balaban J connectivity index is 1.60. The van der Waals surface area contributed by atoms with Crippen LogP contribution < -0.4 is 5.32 Å². The average molecular weight is 275 g/mol. The van der Waals surface area contributed by atoms with E-state index in [4.69, 9.17) is 0 Å². The molecular weight excluding hydrogens is 250 g/mol. The van der Waals surface area contributed by atoms with Crippen LogP contribution in [0, 0.1) is 0 Å². The summed E-state index contributed by atoms with van der Waals surface area (Å²) in [4.78, 5) is 4.04. The van der Waals surface area contributed by atoms with E-state index in [0.29, 0.717) is 0 Å². The molecule has 0 aliphatic carbocycles. The van der Waals surface area contributed by atoms with Gasteiger partial charge >= 0.3 is 0 Å². The topological polar surface area (TPSA) is 47.7 Å². The number of nitrogens with one attached hydrogen (secondary N) is 1. The van der Waals surface area contributed by atoms with Gasteiger partial charge in [0.1, 0.15) is 0 Å². The fourth-order valence-corrected chi connectivity index (χ4v) is 2.01. The standard InChI is InChI=1S/C15H25N5/c1-15(2,3)20-12-14(11-18-20)10-16-6-4-5-8-19-9-7-17-13-19/h7,9,11-13,16H,4-6,8,10H2,1-3H3. The van der Waals surface area contributed by atoms with E-state index in [0.717, 1.165) is 19.6 Å². The van der Waals surface area contributed by atoms with Crippen molar-refractivity contribution < 1.29 is 0 Å². The molecule has 0 saturated heterocycles. The normalized spacial score (nSPS) is 11.9. The van der Waals surface area contributed by atoms with E-state index in [1.165, 1.54) is 18.4 Å². The van der Waals surface area contributed by atoms with Crippen molar-refractivity contribution >= 4 is 0 Å². The van der Waals surface area contributed by atoms with Crippen molar-refractivity contribution in [1.29, 1.82) is 0 Å². The zero-order chi connectivity index (χ0) is 14.4. The van der Waals surface area contributed by atoms with Gasteiger partial charge in [-0.25, -0.2) is 4.98 Å². The molecule has 2 heterocycles. The number of hydrogen-bond donors (Lipinski definition) is 1. The minimum absolute atomic E-state index is 0.0586. The largest absolute Gasteiger partial charge is 0.337 e. The van der Waals surface area contributed by atoms with Crippen molar-refractivity contribution in [2.75, 3.05) is 6.54 Å². The van der Waals surface area contributed by atoms with Crippen LogP contribution in [0.15, 0.2) is 31.1 Å². The molecule has 1 N–H and O–H groups in total. The molecule has 2 aromatic heterocycles. The number of aryl methyl sites for hydroxylation is 1. The molecule has 5 heteroatoms. The second-order valence-electron chi connectivity index (χ2n) is 6.15. The lowest BCUT2D eigenvalue weighted by Crippen LogP contribution is -2.22. The van der Waals surface area contributed by atoms with Crippen molar-refractivity contribution in [3.8, 4) is 0 Å². The van der Waals surface area contributed by atoms with Gasteiger partial charge in [-0.05, 0) is 40.2 Å². The molecule has 0 radical (unpaired) electrons. The zero-order valence-corrected chi connectivity index (χ0v) is 12.7. The number of imidazole rings is 1. The summed E-state index contributed by atoms with van der Waals surface area (Å²) >= 11 is 0. The Bertz CT molecular complexity index is 493. The molecule has 0 unspecified atom stereocenters. The van der Waals surface area contributed by atoms with Crippen LogP contribution in [-0.2, 0) is 18.6 Å². The molecule has 0 bridgehead atoms. The SMILES string of the molecule is CC(C)(C)n1cc(CNCCCCn2ccnc2)cn1. The van der Waals surface area contributed by atoms with Gasteiger partial charge in [0, 0.05) is 37.2 Å². The second-order valence-corrected chi connectivity index (χ2v) is 6.15. The van der Waals surface area contributed by atoms with Gasteiger partial charge in [-0.15, -0.1) is 0 Å². The predicted molar refractivity (Wildman–Crippen MR) is 80.4 cm³/mol. The molecule has 2 rings (SSSR count). The van der Waals surface area contributed by atoms with Crippen LogP contribution in [0.4, 0.5) is 0 Å². The molecule has 0 saturated carbocycles. The molecule has 0 fully saturated rings. The van der Waals surface area contributed by atoms with Gasteiger partial charge < -0.3 is 9.88 Å². The van der Waals surface area contributed by atoms with E-state index >= 15 is 0 Å². The lowest BCUT2D eigenvalue weighted by atomic mass is 10.1. The Labute approximate surface area is 121 Å². The van der Waals surface area contributed by atoms with Crippen LogP contribution in [0.3, 0.4) is 0 Å². The fraction of sp³-hybridized carbons (Fsp3) is 0.600. The highest BCUT2D eigenvalue weighted by Crippen LogP contribution is 2.12. The molecule has 2 aromatic rings. The maximum absolute atomic E-state index is 4.40. The van der Waals surface area contributed by atoms with Crippen molar-refractivity contribution in [1.82, 2.24) is 24.6 Å². The van der Waals surface area contributed by atoms with Gasteiger partial charge in [-0.2, -0.15) is 5.10 Å². The lowest BCUT2D eigenvalue weighted by molar-refractivity contribution is 0.355. The number of unbranched alkanes of at least 4 members (excludes halogenated alkanes) is 1. The van der Waals surface area contributed by atoms with E-state index in [2.05, 4.69) is 46.9 Å². The van der Waals surface area contributed by atoms with Gasteiger partial charge in [0.25, 0.3) is 0 Å². The number of nitrogens with zero attached hydrogens (tertiary/aromatic N) is 4.